The van der Waals surface area contributed by atoms with Gasteiger partial charge < -0.3 is 19.5 Å². The van der Waals surface area contributed by atoms with Crippen LogP contribution >= 0.6 is 15.9 Å². The molecule has 162 valence electrons. The molecule has 0 saturated carbocycles. The van der Waals surface area contributed by atoms with Crippen molar-refractivity contribution in [2.75, 3.05) is 26.6 Å². The summed E-state index contributed by atoms with van der Waals surface area (Å²) in [6, 6.07) is 14.3. The van der Waals surface area contributed by atoms with Gasteiger partial charge in [0.05, 0.1) is 21.3 Å². The lowest BCUT2D eigenvalue weighted by Crippen LogP contribution is -2.54. The Hall–Kier alpha value is -1.92. The van der Waals surface area contributed by atoms with Gasteiger partial charge >= 0.3 is 0 Å². The number of hydrogen-bond donors (Lipinski definition) is 1. The van der Waals surface area contributed by atoms with Gasteiger partial charge in [0.25, 0.3) is 0 Å². The van der Waals surface area contributed by atoms with Crippen LogP contribution in [0.3, 0.4) is 0 Å². The van der Waals surface area contributed by atoms with Crippen LogP contribution in [0.4, 0.5) is 5.69 Å². The summed E-state index contributed by atoms with van der Waals surface area (Å²) in [5.74, 6) is 2.10. The molecule has 2 unspecified atom stereocenters. The fraction of sp³-hybridized carbons (Fsp3) is 0.500. The second kappa shape index (κ2) is 9.48. The van der Waals surface area contributed by atoms with Crippen LogP contribution in [0.2, 0.25) is 0 Å². The Morgan fingerprint density at radius 2 is 1.60 bits per heavy atom. The molecule has 0 spiro atoms. The van der Waals surface area contributed by atoms with E-state index in [2.05, 4.69) is 62.5 Å². The summed E-state index contributed by atoms with van der Waals surface area (Å²) in [5.41, 5.74) is 2.40. The number of nitrogens with one attached hydrogen (secondary N) is 1. The number of methoxy groups -OCH3 is 3. The van der Waals surface area contributed by atoms with Crippen LogP contribution in [-0.4, -0.2) is 44.4 Å². The van der Waals surface area contributed by atoms with Gasteiger partial charge in [-0.25, -0.2) is 0 Å². The zero-order valence-electron chi connectivity index (χ0n) is 18.0. The molecule has 0 amide bonds. The molecule has 2 aliphatic rings. The van der Waals surface area contributed by atoms with E-state index >= 15 is 0 Å². The summed E-state index contributed by atoms with van der Waals surface area (Å²) in [6.45, 7) is 0.911. The second-order valence-electron chi connectivity index (χ2n) is 8.24. The topological polar surface area (TPSA) is 43.0 Å². The fourth-order valence-electron chi connectivity index (χ4n) is 5.09. The molecule has 0 aromatic heterocycles. The highest BCUT2D eigenvalue weighted by Gasteiger charge is 2.38. The van der Waals surface area contributed by atoms with Crippen molar-refractivity contribution in [3.63, 3.8) is 0 Å². The first-order chi connectivity index (χ1) is 14.6. The van der Waals surface area contributed by atoms with Crippen LogP contribution in [0.25, 0.3) is 0 Å². The maximum absolute atomic E-state index is 5.56. The summed E-state index contributed by atoms with van der Waals surface area (Å²) < 4.78 is 17.7. The van der Waals surface area contributed by atoms with Crippen molar-refractivity contribution in [3.8, 4) is 17.2 Å². The molecule has 1 N–H and O–H groups in total. The SMILES string of the molecule is COc1cc(CN2C3CCCC2CC(Nc2ccccc2Br)C3)cc(OC)c1OC. The van der Waals surface area contributed by atoms with Crippen LogP contribution in [0.5, 0.6) is 17.2 Å². The van der Waals surface area contributed by atoms with Crippen LogP contribution in [0.15, 0.2) is 40.9 Å². The third-order valence-electron chi connectivity index (χ3n) is 6.45. The molecule has 0 radical (unpaired) electrons. The average molecular weight is 475 g/mol. The summed E-state index contributed by atoms with van der Waals surface area (Å²) in [7, 11) is 5.00. The predicted molar refractivity (Wildman–Crippen MR) is 124 cm³/mol. The number of hydrogen-bond acceptors (Lipinski definition) is 5. The lowest BCUT2D eigenvalue weighted by Gasteiger charge is -2.49. The molecule has 4 rings (SSSR count). The van der Waals surface area contributed by atoms with Gasteiger partial charge in [-0.2, -0.15) is 0 Å². The summed E-state index contributed by atoms with van der Waals surface area (Å²) >= 11 is 3.67. The highest BCUT2D eigenvalue weighted by Crippen LogP contribution is 2.41. The number of piperidine rings is 2. The number of benzene rings is 2. The Morgan fingerprint density at radius 3 is 2.17 bits per heavy atom. The molecule has 2 aliphatic heterocycles. The second-order valence-corrected chi connectivity index (χ2v) is 9.09. The van der Waals surface area contributed by atoms with E-state index < -0.39 is 0 Å². The van der Waals surface area contributed by atoms with Crippen LogP contribution in [0, 0.1) is 0 Å². The Bertz CT molecular complexity index is 836. The van der Waals surface area contributed by atoms with Crippen molar-refractivity contribution in [2.45, 2.75) is 56.8 Å². The minimum absolute atomic E-state index is 0.509. The van der Waals surface area contributed by atoms with Gasteiger partial charge in [0, 0.05) is 34.8 Å². The van der Waals surface area contributed by atoms with Crippen molar-refractivity contribution in [1.82, 2.24) is 4.90 Å². The Kier molecular flexibility index (Phi) is 6.74. The first kappa shape index (κ1) is 21.3. The average Bonchev–Trinajstić information content (AvgIpc) is 2.75. The first-order valence-electron chi connectivity index (χ1n) is 10.7. The Labute approximate surface area is 187 Å². The highest BCUT2D eigenvalue weighted by molar-refractivity contribution is 9.10. The molecule has 6 heteroatoms. The zero-order chi connectivity index (χ0) is 21.1. The molecule has 30 heavy (non-hydrogen) atoms. The zero-order valence-corrected chi connectivity index (χ0v) is 19.6. The lowest BCUT2D eigenvalue weighted by atomic mass is 9.81. The molecule has 2 bridgehead atoms. The normalized spacial score (nSPS) is 23.7. The van der Waals surface area contributed by atoms with Gasteiger partial charge in [-0.05, 0) is 71.4 Å². The number of fused-ring (bicyclic) bond motifs is 2. The van der Waals surface area contributed by atoms with Gasteiger partial charge in [-0.3, -0.25) is 4.90 Å². The van der Waals surface area contributed by atoms with Crippen molar-refractivity contribution in [1.29, 1.82) is 0 Å². The maximum Gasteiger partial charge on any atom is 0.203 e. The van der Waals surface area contributed by atoms with Crippen molar-refractivity contribution in [3.05, 3.63) is 46.4 Å². The van der Waals surface area contributed by atoms with Gasteiger partial charge in [0.2, 0.25) is 5.75 Å². The third kappa shape index (κ3) is 4.40. The standard InChI is InChI=1S/C24H31BrN2O3/c1-28-22-11-16(12-23(29-2)24(22)30-3)15-27-18-7-6-8-19(27)14-17(13-18)26-21-10-5-4-9-20(21)25/h4-5,9-12,17-19,26H,6-8,13-15H2,1-3H3. The summed E-state index contributed by atoms with van der Waals surface area (Å²) in [6.07, 6.45) is 6.18. The molecule has 0 aliphatic carbocycles. The Morgan fingerprint density at radius 1 is 0.967 bits per heavy atom. The number of halogens is 1. The summed E-state index contributed by atoms with van der Waals surface area (Å²) in [4.78, 5) is 2.70. The predicted octanol–water partition coefficient (Wildman–Crippen LogP) is 5.47. The van der Waals surface area contributed by atoms with Gasteiger partial charge in [-0.15, -0.1) is 0 Å². The molecule has 5 nitrogen and oxygen atoms in total. The van der Waals surface area contributed by atoms with Crippen molar-refractivity contribution >= 4 is 21.6 Å². The Balaban J connectivity index is 1.50. The number of rotatable bonds is 7. The van der Waals surface area contributed by atoms with E-state index in [4.69, 9.17) is 14.2 Å². The molecule has 2 atom stereocenters. The van der Waals surface area contributed by atoms with Crippen molar-refractivity contribution < 1.29 is 14.2 Å². The van der Waals surface area contributed by atoms with E-state index in [1.54, 1.807) is 21.3 Å². The van der Waals surface area contributed by atoms with Gasteiger partial charge in [0.15, 0.2) is 11.5 Å². The minimum atomic E-state index is 0.509. The monoisotopic (exact) mass is 474 g/mol. The van der Waals surface area contributed by atoms with Gasteiger partial charge in [0.1, 0.15) is 0 Å². The van der Waals surface area contributed by atoms with Crippen LogP contribution < -0.4 is 19.5 Å². The lowest BCUT2D eigenvalue weighted by molar-refractivity contribution is 0.0276. The number of ether oxygens (including phenoxy) is 3. The number of para-hydroxylation sites is 1. The van der Waals surface area contributed by atoms with E-state index in [1.807, 2.05) is 0 Å². The van der Waals surface area contributed by atoms with E-state index in [9.17, 15) is 0 Å². The largest absolute Gasteiger partial charge is 0.493 e. The molecular weight excluding hydrogens is 444 g/mol. The van der Waals surface area contributed by atoms with E-state index in [0.717, 1.165) is 22.5 Å². The quantitative estimate of drug-likeness (QED) is 0.575. The molecule has 2 aromatic rings. The minimum Gasteiger partial charge on any atom is -0.493 e. The van der Waals surface area contributed by atoms with Crippen molar-refractivity contribution in [2.24, 2.45) is 0 Å². The molecule has 2 saturated heterocycles. The van der Waals surface area contributed by atoms with E-state index in [1.165, 1.54) is 43.4 Å². The maximum atomic E-state index is 5.56. The molecule has 2 fully saturated rings. The first-order valence-corrected chi connectivity index (χ1v) is 11.5. The molecule has 2 aromatic carbocycles. The smallest absolute Gasteiger partial charge is 0.203 e. The van der Waals surface area contributed by atoms with E-state index in [-0.39, 0.29) is 0 Å². The fourth-order valence-corrected chi connectivity index (χ4v) is 5.49. The van der Waals surface area contributed by atoms with E-state index in [0.29, 0.717) is 23.9 Å². The molecular formula is C24H31BrN2O3. The summed E-state index contributed by atoms with van der Waals surface area (Å²) in [5, 5.41) is 3.78. The van der Waals surface area contributed by atoms with Gasteiger partial charge in [-0.1, -0.05) is 18.6 Å². The highest BCUT2D eigenvalue weighted by atomic mass is 79.9. The third-order valence-corrected chi connectivity index (χ3v) is 7.14. The van der Waals surface area contributed by atoms with Crippen LogP contribution in [-0.2, 0) is 6.54 Å². The number of nitrogens with zero attached hydrogens (tertiary/aromatic N) is 1. The number of anilines is 1. The van der Waals surface area contributed by atoms with Crippen LogP contribution in [0.1, 0.15) is 37.7 Å². The molecule has 2 heterocycles.